The Balaban J connectivity index is 1.90. The number of halogens is 2. The lowest BCUT2D eigenvalue weighted by molar-refractivity contribution is -0.00354. The number of aromatic nitrogens is 1. The average molecular weight is 238 g/mol. The third kappa shape index (κ3) is 3.10. The minimum atomic E-state index is -2.88. The van der Waals surface area contributed by atoms with Gasteiger partial charge in [0, 0.05) is 18.2 Å². The van der Waals surface area contributed by atoms with Crippen molar-refractivity contribution in [2.75, 3.05) is 6.54 Å². The molecular formula is C12H12F2N2O. The van der Waals surface area contributed by atoms with Crippen molar-refractivity contribution >= 4 is 0 Å². The van der Waals surface area contributed by atoms with E-state index in [1.54, 1.807) is 24.3 Å². The van der Waals surface area contributed by atoms with Crippen molar-refractivity contribution in [3.63, 3.8) is 0 Å². The van der Waals surface area contributed by atoms with Crippen LogP contribution < -0.4 is 5.32 Å². The van der Waals surface area contributed by atoms with E-state index in [0.717, 1.165) is 0 Å². The summed E-state index contributed by atoms with van der Waals surface area (Å²) in [5, 5.41) is 6.28. The number of alkyl halides is 2. The fraction of sp³-hybridized carbons (Fsp3) is 0.250. The van der Waals surface area contributed by atoms with Gasteiger partial charge >= 0.3 is 0 Å². The van der Waals surface area contributed by atoms with E-state index in [1.165, 1.54) is 18.4 Å². The van der Waals surface area contributed by atoms with Gasteiger partial charge < -0.3 is 9.84 Å². The molecule has 1 aromatic heterocycles. The van der Waals surface area contributed by atoms with Gasteiger partial charge in [-0.2, -0.15) is 8.78 Å². The van der Waals surface area contributed by atoms with E-state index >= 15 is 0 Å². The lowest BCUT2D eigenvalue weighted by atomic mass is 10.1. The van der Waals surface area contributed by atoms with Crippen molar-refractivity contribution in [2.24, 2.45) is 0 Å². The number of benzene rings is 1. The topological polar surface area (TPSA) is 38.1 Å². The summed E-state index contributed by atoms with van der Waals surface area (Å²) in [5.41, 5.74) is 0.613. The van der Waals surface area contributed by atoms with E-state index in [-0.39, 0.29) is 12.1 Å². The van der Waals surface area contributed by atoms with Crippen LogP contribution in [0.15, 0.2) is 47.2 Å². The average Bonchev–Trinajstić information content (AvgIpc) is 2.83. The molecule has 5 heteroatoms. The zero-order chi connectivity index (χ0) is 12.1. The summed E-state index contributed by atoms with van der Waals surface area (Å²) >= 11 is 0. The molecular weight excluding hydrogens is 226 g/mol. The smallest absolute Gasteiger partial charge is 0.285 e. The lowest BCUT2D eigenvalue weighted by Gasteiger charge is -2.16. The zero-order valence-corrected chi connectivity index (χ0v) is 9.07. The number of nitrogens with one attached hydrogen (secondary N) is 1. The van der Waals surface area contributed by atoms with E-state index in [9.17, 15) is 8.78 Å². The molecule has 0 bridgehead atoms. The Kier molecular flexibility index (Phi) is 3.49. The highest BCUT2D eigenvalue weighted by Crippen LogP contribution is 2.26. The fourth-order valence-corrected chi connectivity index (χ4v) is 1.46. The van der Waals surface area contributed by atoms with Gasteiger partial charge in [0.25, 0.3) is 5.92 Å². The highest BCUT2D eigenvalue weighted by Gasteiger charge is 2.30. The Bertz CT molecular complexity index is 443. The summed E-state index contributed by atoms with van der Waals surface area (Å²) in [5.74, 6) is -2.88. The van der Waals surface area contributed by atoms with Crippen LogP contribution in [0.4, 0.5) is 8.78 Å². The molecule has 1 heterocycles. The summed E-state index contributed by atoms with van der Waals surface area (Å²) < 4.78 is 32.0. The largest absolute Gasteiger partial charge is 0.364 e. The normalized spacial score (nSPS) is 11.6. The van der Waals surface area contributed by atoms with Gasteiger partial charge in [-0.1, -0.05) is 35.5 Å². The molecule has 1 N–H and O–H groups in total. The minimum absolute atomic E-state index is 0.00709. The lowest BCUT2D eigenvalue weighted by Crippen LogP contribution is -2.30. The van der Waals surface area contributed by atoms with Crippen LogP contribution in [-0.4, -0.2) is 11.7 Å². The highest BCUT2D eigenvalue weighted by atomic mass is 19.3. The number of rotatable bonds is 5. The Morgan fingerprint density at radius 2 is 1.94 bits per heavy atom. The van der Waals surface area contributed by atoms with Crippen molar-refractivity contribution in [1.29, 1.82) is 0 Å². The van der Waals surface area contributed by atoms with Gasteiger partial charge in [0.1, 0.15) is 6.26 Å². The van der Waals surface area contributed by atoms with Crippen LogP contribution in [0.25, 0.3) is 0 Å². The predicted octanol–water partition coefficient (Wildman–Crippen LogP) is 2.56. The van der Waals surface area contributed by atoms with Gasteiger partial charge in [-0.25, -0.2) is 0 Å². The molecule has 0 radical (unpaired) electrons. The molecule has 2 aromatic rings. The van der Waals surface area contributed by atoms with E-state index in [0.29, 0.717) is 5.69 Å². The van der Waals surface area contributed by atoms with Crippen molar-refractivity contribution in [3.8, 4) is 0 Å². The molecule has 1 aromatic carbocycles. The third-order valence-electron chi connectivity index (χ3n) is 2.34. The van der Waals surface area contributed by atoms with E-state index in [1.807, 2.05) is 0 Å². The molecule has 0 amide bonds. The molecule has 0 aliphatic carbocycles. The van der Waals surface area contributed by atoms with Gasteiger partial charge in [-0.05, 0) is 0 Å². The van der Waals surface area contributed by atoms with Crippen LogP contribution >= 0.6 is 0 Å². The maximum atomic E-state index is 13.7. The number of hydrogen-bond donors (Lipinski definition) is 1. The molecule has 2 rings (SSSR count). The Morgan fingerprint density at radius 1 is 1.18 bits per heavy atom. The second-order valence-corrected chi connectivity index (χ2v) is 3.66. The van der Waals surface area contributed by atoms with Crippen LogP contribution in [-0.2, 0) is 12.5 Å². The molecule has 17 heavy (non-hydrogen) atoms. The Hall–Kier alpha value is -1.75. The number of nitrogens with zero attached hydrogens (tertiary/aromatic N) is 1. The first-order valence-electron chi connectivity index (χ1n) is 5.22. The molecule has 0 aliphatic heterocycles. The second-order valence-electron chi connectivity index (χ2n) is 3.66. The summed E-state index contributed by atoms with van der Waals surface area (Å²) in [7, 11) is 0. The van der Waals surface area contributed by atoms with Crippen molar-refractivity contribution < 1.29 is 13.3 Å². The molecule has 3 nitrogen and oxygen atoms in total. The summed E-state index contributed by atoms with van der Waals surface area (Å²) in [6, 6.07) is 9.37. The summed E-state index contributed by atoms with van der Waals surface area (Å²) in [6.45, 7) is -0.164. The van der Waals surface area contributed by atoms with Crippen molar-refractivity contribution in [1.82, 2.24) is 10.5 Å². The van der Waals surface area contributed by atoms with Crippen LogP contribution in [0.3, 0.4) is 0 Å². The van der Waals surface area contributed by atoms with Crippen LogP contribution in [0.1, 0.15) is 11.3 Å². The van der Waals surface area contributed by atoms with Gasteiger partial charge in [0.15, 0.2) is 0 Å². The molecule has 0 unspecified atom stereocenters. The van der Waals surface area contributed by atoms with Crippen LogP contribution in [0.5, 0.6) is 0 Å². The zero-order valence-electron chi connectivity index (χ0n) is 9.07. The molecule has 0 atom stereocenters. The quantitative estimate of drug-likeness (QED) is 0.869. The Morgan fingerprint density at radius 3 is 2.59 bits per heavy atom. The molecule has 90 valence electrons. The minimum Gasteiger partial charge on any atom is -0.364 e. The van der Waals surface area contributed by atoms with Gasteiger partial charge in [0.2, 0.25) is 0 Å². The predicted molar refractivity (Wildman–Crippen MR) is 58.5 cm³/mol. The molecule has 0 aliphatic rings. The molecule has 0 fully saturated rings. The summed E-state index contributed by atoms with van der Waals surface area (Å²) in [6.07, 6.45) is 1.41. The standard InChI is InChI=1S/C12H12F2N2O/c13-12(14,10-4-2-1-3-5-10)9-15-8-11-6-7-17-16-11/h1-7,15H,8-9H2. The maximum absolute atomic E-state index is 13.7. The van der Waals surface area contributed by atoms with Gasteiger partial charge in [-0.3, -0.25) is 0 Å². The molecule has 0 saturated carbocycles. The van der Waals surface area contributed by atoms with Gasteiger partial charge in [0.05, 0.1) is 12.2 Å². The molecule has 0 saturated heterocycles. The van der Waals surface area contributed by atoms with Gasteiger partial charge in [-0.15, -0.1) is 0 Å². The fourth-order valence-electron chi connectivity index (χ4n) is 1.46. The van der Waals surface area contributed by atoms with Crippen molar-refractivity contribution in [3.05, 3.63) is 53.9 Å². The highest BCUT2D eigenvalue weighted by molar-refractivity contribution is 5.20. The number of hydrogen-bond acceptors (Lipinski definition) is 3. The van der Waals surface area contributed by atoms with E-state index in [4.69, 9.17) is 0 Å². The van der Waals surface area contributed by atoms with E-state index in [2.05, 4.69) is 15.0 Å². The monoisotopic (exact) mass is 238 g/mol. The first-order chi connectivity index (χ1) is 8.18. The Labute approximate surface area is 97.4 Å². The van der Waals surface area contributed by atoms with Crippen LogP contribution in [0.2, 0.25) is 0 Å². The first kappa shape index (κ1) is 11.7. The maximum Gasteiger partial charge on any atom is 0.285 e. The first-order valence-corrected chi connectivity index (χ1v) is 5.22. The SMILES string of the molecule is FC(F)(CNCc1ccon1)c1ccccc1. The summed E-state index contributed by atoms with van der Waals surface area (Å²) in [4.78, 5) is 0. The van der Waals surface area contributed by atoms with Crippen LogP contribution in [0, 0.1) is 0 Å². The molecule has 0 spiro atoms. The van der Waals surface area contributed by atoms with Crippen molar-refractivity contribution in [2.45, 2.75) is 12.5 Å². The second kappa shape index (κ2) is 5.05. The third-order valence-corrected chi connectivity index (χ3v) is 2.34. The van der Waals surface area contributed by atoms with E-state index < -0.39 is 12.5 Å².